The van der Waals surface area contributed by atoms with Gasteiger partial charge in [0.2, 0.25) is 0 Å². The van der Waals surface area contributed by atoms with Crippen LogP contribution in [0.1, 0.15) is 19.2 Å². The Morgan fingerprint density at radius 2 is 2.12 bits per heavy atom. The molecule has 0 bridgehead atoms. The second kappa shape index (κ2) is 5.10. The van der Waals surface area contributed by atoms with E-state index in [0.29, 0.717) is 0 Å². The highest BCUT2D eigenvalue weighted by Gasteiger charge is 2.11. The van der Waals surface area contributed by atoms with Gasteiger partial charge in [-0.1, -0.05) is 6.92 Å². The van der Waals surface area contributed by atoms with E-state index in [9.17, 15) is 0 Å². The summed E-state index contributed by atoms with van der Waals surface area (Å²) >= 11 is 6.81. The maximum atomic E-state index is 5.38. The fourth-order valence-electron chi connectivity index (χ4n) is 1.39. The largest absolute Gasteiger partial charge is 0.461 e. The van der Waals surface area contributed by atoms with Crippen LogP contribution in [-0.4, -0.2) is 9.97 Å². The van der Waals surface area contributed by atoms with E-state index in [4.69, 9.17) is 4.42 Å². The molecule has 0 radical (unpaired) electrons. The Kier molecular flexibility index (Phi) is 3.76. The van der Waals surface area contributed by atoms with Crippen molar-refractivity contribution >= 4 is 31.9 Å². The quantitative estimate of drug-likeness (QED) is 0.782. The minimum atomic E-state index is 0.737. The van der Waals surface area contributed by atoms with E-state index in [0.717, 1.165) is 39.2 Å². The molecule has 0 atom stereocenters. The normalized spacial score (nSPS) is 10.7. The molecule has 0 fully saturated rings. The summed E-state index contributed by atoms with van der Waals surface area (Å²) in [6.07, 6.45) is 3.52. The zero-order chi connectivity index (χ0) is 11.5. The topological polar surface area (TPSA) is 38.9 Å². The first-order valence-electron chi connectivity index (χ1n) is 4.97. The summed E-state index contributed by atoms with van der Waals surface area (Å²) in [6, 6.07) is 3.70. The first kappa shape index (κ1) is 11.8. The van der Waals surface area contributed by atoms with Crippen molar-refractivity contribution in [1.82, 2.24) is 9.97 Å². The number of hydrogen-bond acceptors (Lipinski definition) is 3. The van der Waals surface area contributed by atoms with Gasteiger partial charge in [-0.05, 0) is 44.3 Å². The molecule has 2 heterocycles. The molecular weight excluding hydrogens is 336 g/mol. The molecule has 3 nitrogen and oxygen atoms in total. The van der Waals surface area contributed by atoms with Crippen LogP contribution in [0, 0.1) is 0 Å². The molecule has 2 aromatic heterocycles. The summed E-state index contributed by atoms with van der Waals surface area (Å²) in [6.45, 7) is 2.10. The van der Waals surface area contributed by atoms with Crippen LogP contribution in [-0.2, 0) is 6.42 Å². The predicted octanol–water partition coefficient (Wildman–Crippen LogP) is 4.21. The third-order valence-corrected chi connectivity index (χ3v) is 3.10. The lowest BCUT2D eigenvalue weighted by atomic mass is 10.3. The summed E-state index contributed by atoms with van der Waals surface area (Å²) in [4.78, 5) is 8.77. The zero-order valence-corrected chi connectivity index (χ0v) is 11.9. The van der Waals surface area contributed by atoms with Gasteiger partial charge in [-0.3, -0.25) is 0 Å². The van der Waals surface area contributed by atoms with Crippen LogP contribution in [0.25, 0.3) is 11.5 Å². The number of nitrogens with zero attached hydrogens (tertiary/aromatic N) is 2. The molecule has 0 amide bonds. The molecule has 2 rings (SSSR count). The second-order valence-electron chi connectivity index (χ2n) is 3.34. The van der Waals surface area contributed by atoms with Gasteiger partial charge in [0, 0.05) is 12.5 Å². The standard InChI is InChI=1S/C11H10Br2N2O/c1-2-3-10-14-8(6-9(13)15-10)11-7(12)4-5-16-11/h4-6H,2-3H2,1H3. The van der Waals surface area contributed by atoms with Crippen molar-refractivity contribution in [2.75, 3.05) is 0 Å². The Morgan fingerprint density at radius 1 is 1.31 bits per heavy atom. The highest BCUT2D eigenvalue weighted by Crippen LogP contribution is 2.29. The van der Waals surface area contributed by atoms with E-state index < -0.39 is 0 Å². The Morgan fingerprint density at radius 3 is 2.75 bits per heavy atom. The monoisotopic (exact) mass is 344 g/mol. The van der Waals surface area contributed by atoms with E-state index in [-0.39, 0.29) is 0 Å². The fourth-order valence-corrected chi connectivity index (χ4v) is 2.22. The molecule has 0 aliphatic heterocycles. The van der Waals surface area contributed by atoms with Crippen LogP contribution in [0.15, 0.2) is 31.9 Å². The number of hydrogen-bond donors (Lipinski definition) is 0. The summed E-state index contributed by atoms with van der Waals surface area (Å²) in [7, 11) is 0. The smallest absolute Gasteiger partial charge is 0.166 e. The van der Waals surface area contributed by atoms with Gasteiger partial charge in [0.05, 0.1) is 10.7 Å². The maximum Gasteiger partial charge on any atom is 0.166 e. The molecule has 0 saturated carbocycles. The average Bonchev–Trinajstić information content (AvgIpc) is 2.64. The molecule has 0 aliphatic carbocycles. The summed E-state index contributed by atoms with van der Waals surface area (Å²) in [5.41, 5.74) is 0.794. The van der Waals surface area contributed by atoms with E-state index in [1.807, 2.05) is 12.1 Å². The summed E-state index contributed by atoms with van der Waals surface area (Å²) in [5, 5.41) is 0. The van der Waals surface area contributed by atoms with Crippen LogP contribution in [0.5, 0.6) is 0 Å². The number of furan rings is 1. The van der Waals surface area contributed by atoms with Crippen LogP contribution in [0.3, 0.4) is 0 Å². The van der Waals surface area contributed by atoms with Crippen LogP contribution < -0.4 is 0 Å². The van der Waals surface area contributed by atoms with Crippen molar-refractivity contribution in [3.63, 3.8) is 0 Å². The van der Waals surface area contributed by atoms with Gasteiger partial charge >= 0.3 is 0 Å². The molecule has 0 saturated heterocycles. The van der Waals surface area contributed by atoms with Crippen molar-refractivity contribution in [3.8, 4) is 11.5 Å². The molecule has 0 unspecified atom stereocenters. The minimum absolute atomic E-state index is 0.737. The molecule has 2 aromatic rings. The Bertz CT molecular complexity index is 496. The average molecular weight is 346 g/mol. The van der Waals surface area contributed by atoms with Crippen molar-refractivity contribution < 1.29 is 4.42 Å². The number of aromatic nitrogens is 2. The van der Waals surface area contributed by atoms with Gasteiger partial charge in [0.1, 0.15) is 16.1 Å². The molecule has 0 N–H and O–H groups in total. The van der Waals surface area contributed by atoms with Crippen molar-refractivity contribution in [2.45, 2.75) is 19.8 Å². The predicted molar refractivity (Wildman–Crippen MR) is 69.1 cm³/mol. The number of halogens is 2. The Hall–Kier alpha value is -0.680. The first-order valence-corrected chi connectivity index (χ1v) is 6.56. The first-order chi connectivity index (χ1) is 7.70. The lowest BCUT2D eigenvalue weighted by molar-refractivity contribution is 0.577. The van der Waals surface area contributed by atoms with Gasteiger partial charge in [-0.2, -0.15) is 0 Å². The highest BCUT2D eigenvalue weighted by atomic mass is 79.9. The lowest BCUT2D eigenvalue weighted by Gasteiger charge is -2.02. The molecule has 84 valence electrons. The van der Waals surface area contributed by atoms with Crippen molar-refractivity contribution in [3.05, 3.63) is 33.3 Å². The highest BCUT2D eigenvalue weighted by molar-refractivity contribution is 9.10. The van der Waals surface area contributed by atoms with Crippen LogP contribution >= 0.6 is 31.9 Å². The van der Waals surface area contributed by atoms with Crippen LogP contribution in [0.2, 0.25) is 0 Å². The van der Waals surface area contributed by atoms with Gasteiger partial charge in [-0.25, -0.2) is 9.97 Å². The third kappa shape index (κ3) is 2.52. The maximum absolute atomic E-state index is 5.38. The molecular formula is C11H10Br2N2O. The summed E-state index contributed by atoms with van der Waals surface area (Å²) < 4.78 is 7.07. The van der Waals surface area contributed by atoms with Gasteiger partial charge in [0.25, 0.3) is 0 Å². The van der Waals surface area contributed by atoms with E-state index in [2.05, 4.69) is 48.8 Å². The van der Waals surface area contributed by atoms with Gasteiger partial charge < -0.3 is 4.42 Å². The van der Waals surface area contributed by atoms with Crippen LogP contribution in [0.4, 0.5) is 0 Å². The fraction of sp³-hybridized carbons (Fsp3) is 0.273. The van der Waals surface area contributed by atoms with E-state index >= 15 is 0 Å². The Labute approximate surface area is 111 Å². The Balaban J connectivity index is 2.45. The molecule has 16 heavy (non-hydrogen) atoms. The zero-order valence-electron chi connectivity index (χ0n) is 8.70. The second-order valence-corrected chi connectivity index (χ2v) is 5.01. The van der Waals surface area contributed by atoms with Gasteiger partial charge in [0.15, 0.2) is 5.76 Å². The van der Waals surface area contributed by atoms with Crippen molar-refractivity contribution in [1.29, 1.82) is 0 Å². The SMILES string of the molecule is CCCc1nc(Br)cc(-c2occc2Br)n1. The molecule has 0 spiro atoms. The molecule has 5 heteroatoms. The number of rotatable bonds is 3. The van der Waals surface area contributed by atoms with E-state index in [1.165, 1.54) is 0 Å². The van der Waals surface area contributed by atoms with Crippen molar-refractivity contribution in [2.24, 2.45) is 0 Å². The number of aryl methyl sites for hydroxylation is 1. The third-order valence-electron chi connectivity index (χ3n) is 2.06. The lowest BCUT2D eigenvalue weighted by Crippen LogP contribution is -1.96. The molecule has 0 aromatic carbocycles. The van der Waals surface area contributed by atoms with E-state index in [1.54, 1.807) is 6.26 Å². The van der Waals surface area contributed by atoms with Gasteiger partial charge in [-0.15, -0.1) is 0 Å². The summed E-state index contributed by atoms with van der Waals surface area (Å²) in [5.74, 6) is 1.57. The minimum Gasteiger partial charge on any atom is -0.461 e. The molecule has 0 aliphatic rings.